The molecule has 29 heavy (non-hydrogen) atoms. The number of hydrazone groups is 1. The van der Waals surface area contributed by atoms with Gasteiger partial charge < -0.3 is 4.74 Å². The molecule has 5 nitrogen and oxygen atoms in total. The van der Waals surface area contributed by atoms with Gasteiger partial charge in [0.25, 0.3) is 0 Å². The van der Waals surface area contributed by atoms with Crippen molar-refractivity contribution in [3.63, 3.8) is 0 Å². The Morgan fingerprint density at radius 1 is 1.24 bits per heavy atom. The third-order valence-corrected chi connectivity index (χ3v) is 10.2. The predicted octanol–water partition coefficient (Wildman–Crippen LogP) is 3.73. The van der Waals surface area contributed by atoms with Gasteiger partial charge in [-0.2, -0.15) is 5.10 Å². The van der Waals surface area contributed by atoms with E-state index in [4.69, 9.17) is 4.74 Å². The Morgan fingerprint density at radius 3 is 2.83 bits per heavy atom. The number of carbonyl (C=O) groups is 2. The van der Waals surface area contributed by atoms with Crippen LogP contribution in [0, 0.1) is 34.5 Å². The number of hydrogen-bond acceptors (Lipinski definition) is 5. The monoisotopic (exact) mass is 396 g/mol. The zero-order chi connectivity index (χ0) is 20.2. The molecular weight excluding hydrogens is 364 g/mol. The summed E-state index contributed by atoms with van der Waals surface area (Å²) in [6.07, 6.45) is 12.2. The highest BCUT2D eigenvalue weighted by atomic mass is 16.5. The van der Waals surface area contributed by atoms with Gasteiger partial charge >= 0.3 is 5.97 Å². The maximum atomic E-state index is 13.0. The molecular formula is C24H32N2O3. The van der Waals surface area contributed by atoms with Crippen LogP contribution in [0.25, 0.3) is 0 Å². The van der Waals surface area contributed by atoms with E-state index in [-0.39, 0.29) is 28.4 Å². The molecule has 6 aliphatic rings. The van der Waals surface area contributed by atoms with Gasteiger partial charge in [-0.15, -0.1) is 0 Å². The van der Waals surface area contributed by atoms with Crippen LogP contribution in [-0.4, -0.2) is 41.2 Å². The average molecular weight is 397 g/mol. The first-order valence-electron chi connectivity index (χ1n) is 11.5. The first-order valence-corrected chi connectivity index (χ1v) is 11.5. The lowest BCUT2D eigenvalue weighted by Crippen LogP contribution is -2.73. The molecule has 0 amide bonds. The molecule has 4 aliphatic carbocycles. The summed E-state index contributed by atoms with van der Waals surface area (Å²) >= 11 is 0. The molecule has 8 atom stereocenters. The molecule has 156 valence electrons. The normalized spacial score (nSPS) is 51.8. The van der Waals surface area contributed by atoms with Crippen LogP contribution in [0.3, 0.4) is 0 Å². The van der Waals surface area contributed by atoms with E-state index < -0.39 is 0 Å². The van der Waals surface area contributed by atoms with E-state index in [0.717, 1.165) is 38.5 Å². The number of ketones is 1. The second-order valence-electron chi connectivity index (χ2n) is 11.0. The lowest BCUT2D eigenvalue weighted by Gasteiger charge is -2.62. The maximum Gasteiger partial charge on any atom is 0.302 e. The summed E-state index contributed by atoms with van der Waals surface area (Å²) in [6.45, 7) is 6.92. The van der Waals surface area contributed by atoms with Crippen molar-refractivity contribution in [1.29, 1.82) is 0 Å². The number of Topliss-reactive ketones (excluding diaryl/α,β-unsaturated/α-hetero) is 1. The molecule has 0 aromatic heterocycles. The smallest absolute Gasteiger partial charge is 0.302 e. The molecule has 6 rings (SSSR count). The van der Waals surface area contributed by atoms with Crippen molar-refractivity contribution in [2.24, 2.45) is 39.6 Å². The summed E-state index contributed by atoms with van der Waals surface area (Å²) in [5, 5.41) is 6.75. The predicted molar refractivity (Wildman–Crippen MR) is 109 cm³/mol. The average Bonchev–Trinajstić information content (AvgIpc) is 3.12. The van der Waals surface area contributed by atoms with Crippen LogP contribution in [0.1, 0.15) is 65.7 Å². The third kappa shape index (κ3) is 1.96. The van der Waals surface area contributed by atoms with Crippen molar-refractivity contribution in [1.82, 2.24) is 5.01 Å². The fourth-order valence-corrected chi connectivity index (χ4v) is 8.97. The van der Waals surface area contributed by atoms with E-state index in [0.29, 0.717) is 36.0 Å². The first-order chi connectivity index (χ1) is 13.8. The van der Waals surface area contributed by atoms with Gasteiger partial charge in [0.2, 0.25) is 0 Å². The summed E-state index contributed by atoms with van der Waals surface area (Å²) in [4.78, 5) is 24.4. The van der Waals surface area contributed by atoms with Crippen molar-refractivity contribution in [2.75, 3.05) is 6.54 Å². The van der Waals surface area contributed by atoms with Gasteiger partial charge in [-0.25, -0.2) is 0 Å². The number of nitrogens with zero attached hydrogens (tertiary/aromatic N) is 2. The van der Waals surface area contributed by atoms with Crippen LogP contribution >= 0.6 is 0 Å². The molecule has 0 aromatic carbocycles. The summed E-state index contributed by atoms with van der Waals surface area (Å²) in [5.41, 5.74) is 1.49. The van der Waals surface area contributed by atoms with E-state index in [1.54, 1.807) is 0 Å². The molecule has 0 aromatic rings. The Balaban J connectivity index is 1.32. The van der Waals surface area contributed by atoms with Crippen LogP contribution in [0.4, 0.5) is 0 Å². The Labute approximate surface area is 172 Å². The summed E-state index contributed by atoms with van der Waals surface area (Å²) in [7, 11) is 0. The standard InChI is InChI=1S/C24H32N2O3/c1-14(27)29-17-6-8-22(2)15(10-17)4-5-18-19(22)7-9-23(3)20(18)11-16-12-25-26-13-21(28)24(16,23)26/h4,12,16-20H,5-11,13H2,1-3H3/t16-,17-,18-,19+,20+,22-,23+,24+/m0/s1. The summed E-state index contributed by atoms with van der Waals surface area (Å²) in [5.74, 6) is 2.55. The third-order valence-electron chi connectivity index (χ3n) is 10.2. The minimum absolute atomic E-state index is 0.0549. The number of allylic oxidation sites excluding steroid dienone is 1. The molecule has 1 spiro atoms. The second kappa shape index (κ2) is 5.53. The van der Waals surface area contributed by atoms with E-state index in [2.05, 4.69) is 36.2 Å². The molecule has 2 heterocycles. The zero-order valence-corrected chi connectivity index (χ0v) is 17.8. The van der Waals surface area contributed by atoms with Crippen LogP contribution < -0.4 is 0 Å². The van der Waals surface area contributed by atoms with Gasteiger partial charge in [0.1, 0.15) is 11.6 Å². The molecule has 0 N–H and O–H groups in total. The number of ether oxygens (including phenoxy) is 1. The molecule has 0 radical (unpaired) electrons. The Bertz CT molecular complexity index is 864. The quantitative estimate of drug-likeness (QED) is 0.501. The van der Waals surface area contributed by atoms with E-state index in [9.17, 15) is 9.59 Å². The minimum atomic E-state index is -0.319. The molecule has 5 heteroatoms. The highest BCUT2D eigenvalue weighted by molar-refractivity contribution is 6.02. The Morgan fingerprint density at radius 2 is 2.07 bits per heavy atom. The van der Waals surface area contributed by atoms with Crippen LogP contribution in [0.15, 0.2) is 16.8 Å². The van der Waals surface area contributed by atoms with E-state index >= 15 is 0 Å². The van der Waals surface area contributed by atoms with Crippen molar-refractivity contribution in [2.45, 2.75) is 77.4 Å². The maximum absolute atomic E-state index is 13.0. The fourth-order valence-electron chi connectivity index (χ4n) is 8.97. The van der Waals surface area contributed by atoms with E-state index in [1.807, 2.05) is 0 Å². The molecule has 0 unspecified atom stereocenters. The highest BCUT2D eigenvalue weighted by Gasteiger charge is 2.77. The van der Waals surface area contributed by atoms with Crippen LogP contribution in [-0.2, 0) is 14.3 Å². The first kappa shape index (κ1) is 18.1. The number of hydrogen-bond donors (Lipinski definition) is 0. The van der Waals surface area contributed by atoms with Gasteiger partial charge in [0.15, 0.2) is 5.78 Å². The van der Waals surface area contributed by atoms with Crippen molar-refractivity contribution < 1.29 is 14.3 Å². The van der Waals surface area contributed by atoms with Gasteiger partial charge in [-0.3, -0.25) is 14.6 Å². The SMILES string of the molecule is CC(=O)O[C@H]1CC[C@@]2(C)C(=CC[C@H]3[C@H]2CC[C@]2(C)[C@@H]3C[C@H]3C=NN4CC(=O)[C@@]342)C1. The minimum Gasteiger partial charge on any atom is -0.462 e. The Hall–Kier alpha value is -1.65. The van der Waals surface area contributed by atoms with Gasteiger partial charge in [-0.1, -0.05) is 25.5 Å². The highest BCUT2D eigenvalue weighted by Crippen LogP contribution is 2.71. The largest absolute Gasteiger partial charge is 0.462 e. The van der Waals surface area contributed by atoms with Crippen molar-refractivity contribution >= 4 is 18.0 Å². The number of rotatable bonds is 1. The fraction of sp³-hybridized carbons (Fsp3) is 0.792. The van der Waals surface area contributed by atoms with Crippen molar-refractivity contribution in [3.05, 3.63) is 11.6 Å². The van der Waals surface area contributed by atoms with E-state index in [1.165, 1.54) is 18.9 Å². The summed E-state index contributed by atoms with van der Waals surface area (Å²) < 4.78 is 5.56. The zero-order valence-electron chi connectivity index (χ0n) is 17.8. The van der Waals surface area contributed by atoms with Gasteiger partial charge in [0.05, 0.1) is 6.54 Å². The van der Waals surface area contributed by atoms with Gasteiger partial charge in [0, 0.05) is 30.9 Å². The molecule has 0 bridgehead atoms. The van der Waals surface area contributed by atoms with Gasteiger partial charge in [-0.05, 0) is 61.7 Å². The number of carbonyl (C=O) groups excluding carboxylic acids is 2. The van der Waals surface area contributed by atoms with Crippen molar-refractivity contribution in [3.8, 4) is 0 Å². The Kier molecular flexibility index (Phi) is 3.46. The summed E-state index contributed by atoms with van der Waals surface area (Å²) in [6, 6.07) is 0. The molecule has 1 saturated heterocycles. The lowest BCUT2D eigenvalue weighted by molar-refractivity contribution is -0.171. The van der Waals surface area contributed by atoms with Crippen LogP contribution in [0.2, 0.25) is 0 Å². The molecule has 4 fully saturated rings. The van der Waals surface area contributed by atoms with Crippen LogP contribution in [0.5, 0.6) is 0 Å². The number of esters is 1. The second-order valence-corrected chi connectivity index (χ2v) is 11.0. The topological polar surface area (TPSA) is 59.0 Å². The number of fused-ring (bicyclic) bond motifs is 5. The molecule has 3 saturated carbocycles. The lowest BCUT2D eigenvalue weighted by atomic mass is 9.45. The molecule has 2 aliphatic heterocycles.